The largest absolute Gasteiger partial charge is 0.492 e. The zero-order valence-corrected chi connectivity index (χ0v) is 11.0. The van der Waals surface area contributed by atoms with Gasteiger partial charge in [-0.05, 0) is 18.6 Å². The van der Waals surface area contributed by atoms with Crippen LogP contribution in [0.4, 0.5) is 18.9 Å². The zero-order valence-electron chi connectivity index (χ0n) is 11.0. The predicted molar refractivity (Wildman–Crippen MR) is 71.5 cm³/mol. The zero-order chi connectivity index (χ0) is 14.6. The average Bonchev–Trinajstić information content (AvgIpc) is 2.38. The number of nitrogen functional groups attached to an aromatic ring is 1. The van der Waals surface area contributed by atoms with Gasteiger partial charge in [0.1, 0.15) is 12.4 Å². The standard InChI is InChI=1S/C14H17F3N2O/c15-14(16,17)11-4-6-19(7-5-11)8-9-20-13-3-1-2-12(18)10-13/h1-4,10H,5-9,18H2. The number of ether oxygens (including phenoxy) is 1. The van der Waals surface area contributed by atoms with Crippen molar-refractivity contribution in [3.05, 3.63) is 35.9 Å². The molecule has 6 heteroatoms. The Hall–Kier alpha value is -1.69. The van der Waals surface area contributed by atoms with Crippen LogP contribution in [0.1, 0.15) is 6.42 Å². The number of benzene rings is 1. The van der Waals surface area contributed by atoms with E-state index in [-0.39, 0.29) is 6.42 Å². The second-order valence-electron chi connectivity index (χ2n) is 4.70. The van der Waals surface area contributed by atoms with E-state index in [0.717, 1.165) is 0 Å². The van der Waals surface area contributed by atoms with Gasteiger partial charge in [0.05, 0.1) is 0 Å². The molecule has 3 nitrogen and oxygen atoms in total. The van der Waals surface area contributed by atoms with Crippen LogP contribution < -0.4 is 10.5 Å². The van der Waals surface area contributed by atoms with Gasteiger partial charge in [0.25, 0.3) is 0 Å². The highest BCUT2D eigenvalue weighted by atomic mass is 19.4. The molecule has 0 aliphatic carbocycles. The number of alkyl halides is 3. The number of nitrogens with zero attached hydrogens (tertiary/aromatic N) is 1. The van der Waals surface area contributed by atoms with Crippen LogP contribution in [-0.2, 0) is 0 Å². The van der Waals surface area contributed by atoms with Gasteiger partial charge in [-0.3, -0.25) is 4.90 Å². The summed E-state index contributed by atoms with van der Waals surface area (Å²) >= 11 is 0. The van der Waals surface area contributed by atoms with E-state index in [1.54, 1.807) is 24.3 Å². The molecule has 1 aliphatic rings. The Morgan fingerprint density at radius 1 is 1.30 bits per heavy atom. The van der Waals surface area contributed by atoms with Crippen molar-refractivity contribution < 1.29 is 17.9 Å². The lowest BCUT2D eigenvalue weighted by Crippen LogP contribution is -2.34. The Morgan fingerprint density at radius 2 is 2.10 bits per heavy atom. The highest BCUT2D eigenvalue weighted by molar-refractivity contribution is 5.43. The molecule has 0 spiro atoms. The molecule has 0 saturated carbocycles. The van der Waals surface area contributed by atoms with E-state index in [1.165, 1.54) is 6.08 Å². The minimum Gasteiger partial charge on any atom is -0.492 e. The third-order valence-electron chi connectivity index (χ3n) is 3.19. The molecule has 110 valence electrons. The fraction of sp³-hybridized carbons (Fsp3) is 0.429. The van der Waals surface area contributed by atoms with Crippen LogP contribution in [0, 0.1) is 0 Å². The average molecular weight is 286 g/mol. The van der Waals surface area contributed by atoms with Crippen LogP contribution in [0.25, 0.3) is 0 Å². The van der Waals surface area contributed by atoms with Gasteiger partial charge in [-0.2, -0.15) is 13.2 Å². The van der Waals surface area contributed by atoms with Gasteiger partial charge in [0.2, 0.25) is 0 Å². The van der Waals surface area contributed by atoms with E-state index in [0.29, 0.717) is 37.7 Å². The maximum absolute atomic E-state index is 12.5. The van der Waals surface area contributed by atoms with E-state index in [2.05, 4.69) is 0 Å². The van der Waals surface area contributed by atoms with Crippen molar-refractivity contribution in [3.8, 4) is 5.75 Å². The van der Waals surface area contributed by atoms with Crippen molar-refractivity contribution in [1.29, 1.82) is 0 Å². The van der Waals surface area contributed by atoms with Crippen LogP contribution in [0.15, 0.2) is 35.9 Å². The Morgan fingerprint density at radius 3 is 2.70 bits per heavy atom. The first kappa shape index (κ1) is 14.7. The summed E-state index contributed by atoms with van der Waals surface area (Å²) in [7, 11) is 0. The number of hydrogen-bond donors (Lipinski definition) is 1. The molecule has 1 heterocycles. The van der Waals surface area contributed by atoms with Crippen molar-refractivity contribution >= 4 is 5.69 Å². The Kier molecular flexibility index (Phi) is 4.54. The molecule has 0 amide bonds. The summed E-state index contributed by atoms with van der Waals surface area (Å²) < 4.78 is 42.9. The van der Waals surface area contributed by atoms with Crippen molar-refractivity contribution in [2.24, 2.45) is 0 Å². The first-order chi connectivity index (χ1) is 9.45. The number of rotatable bonds is 4. The first-order valence-corrected chi connectivity index (χ1v) is 6.42. The molecule has 0 radical (unpaired) electrons. The topological polar surface area (TPSA) is 38.5 Å². The van der Waals surface area contributed by atoms with Crippen molar-refractivity contribution in [1.82, 2.24) is 4.90 Å². The van der Waals surface area contributed by atoms with Crippen molar-refractivity contribution in [2.45, 2.75) is 12.6 Å². The molecule has 2 rings (SSSR count). The van der Waals surface area contributed by atoms with Crippen LogP contribution in [-0.4, -0.2) is 37.3 Å². The first-order valence-electron chi connectivity index (χ1n) is 6.42. The summed E-state index contributed by atoms with van der Waals surface area (Å²) in [5, 5.41) is 0. The van der Waals surface area contributed by atoms with Gasteiger partial charge in [0, 0.05) is 37.0 Å². The molecular formula is C14H17F3N2O. The monoisotopic (exact) mass is 286 g/mol. The van der Waals surface area contributed by atoms with E-state index in [4.69, 9.17) is 10.5 Å². The minimum atomic E-state index is -4.19. The van der Waals surface area contributed by atoms with Gasteiger partial charge < -0.3 is 10.5 Å². The molecular weight excluding hydrogens is 269 g/mol. The van der Waals surface area contributed by atoms with Crippen LogP contribution in [0.2, 0.25) is 0 Å². The number of nitrogens with two attached hydrogens (primary N) is 1. The van der Waals surface area contributed by atoms with E-state index >= 15 is 0 Å². The molecule has 0 saturated heterocycles. The maximum Gasteiger partial charge on any atom is 0.412 e. The highest BCUT2D eigenvalue weighted by Crippen LogP contribution is 2.29. The SMILES string of the molecule is Nc1cccc(OCCN2CC=C(C(F)(F)F)CC2)c1. The quantitative estimate of drug-likeness (QED) is 0.683. The lowest BCUT2D eigenvalue weighted by Gasteiger charge is -2.26. The second-order valence-corrected chi connectivity index (χ2v) is 4.70. The summed E-state index contributed by atoms with van der Waals surface area (Å²) in [6, 6.07) is 7.08. The molecule has 1 aromatic rings. The summed E-state index contributed by atoms with van der Waals surface area (Å²) in [4.78, 5) is 1.93. The molecule has 1 aromatic carbocycles. The molecule has 0 atom stereocenters. The molecule has 20 heavy (non-hydrogen) atoms. The molecule has 2 N–H and O–H groups in total. The third-order valence-corrected chi connectivity index (χ3v) is 3.19. The smallest absolute Gasteiger partial charge is 0.412 e. The number of halogens is 3. The summed E-state index contributed by atoms with van der Waals surface area (Å²) in [6.45, 7) is 1.75. The third kappa shape index (κ3) is 4.16. The fourth-order valence-electron chi connectivity index (χ4n) is 2.07. The molecule has 1 aliphatic heterocycles. The Bertz CT molecular complexity index is 486. The second kappa shape index (κ2) is 6.17. The minimum absolute atomic E-state index is 0.0434. The van der Waals surface area contributed by atoms with Crippen molar-refractivity contribution in [3.63, 3.8) is 0 Å². The lowest BCUT2D eigenvalue weighted by molar-refractivity contribution is -0.0960. The number of hydrogen-bond acceptors (Lipinski definition) is 3. The lowest BCUT2D eigenvalue weighted by atomic mass is 10.1. The van der Waals surface area contributed by atoms with Gasteiger partial charge in [-0.15, -0.1) is 0 Å². The highest BCUT2D eigenvalue weighted by Gasteiger charge is 2.34. The van der Waals surface area contributed by atoms with E-state index in [9.17, 15) is 13.2 Å². The normalized spacial score (nSPS) is 16.9. The van der Waals surface area contributed by atoms with Gasteiger partial charge in [0.15, 0.2) is 0 Å². The summed E-state index contributed by atoms with van der Waals surface area (Å²) in [5.74, 6) is 0.675. The summed E-state index contributed by atoms with van der Waals surface area (Å²) in [5.41, 5.74) is 5.82. The van der Waals surface area contributed by atoms with E-state index < -0.39 is 11.7 Å². The van der Waals surface area contributed by atoms with Gasteiger partial charge in [-0.25, -0.2) is 0 Å². The van der Waals surface area contributed by atoms with Crippen LogP contribution in [0.3, 0.4) is 0 Å². The van der Waals surface area contributed by atoms with Crippen molar-refractivity contribution in [2.75, 3.05) is 32.0 Å². The molecule has 0 fully saturated rings. The maximum atomic E-state index is 12.5. The van der Waals surface area contributed by atoms with Gasteiger partial charge in [-0.1, -0.05) is 12.1 Å². The summed E-state index contributed by atoms with van der Waals surface area (Å²) in [6.07, 6.45) is -2.89. The Labute approximate surface area is 115 Å². The molecule has 0 aromatic heterocycles. The van der Waals surface area contributed by atoms with Gasteiger partial charge >= 0.3 is 6.18 Å². The molecule has 0 unspecified atom stereocenters. The Balaban J connectivity index is 1.75. The van der Waals surface area contributed by atoms with E-state index in [1.807, 2.05) is 4.90 Å². The fourth-order valence-corrected chi connectivity index (χ4v) is 2.07. The van der Waals surface area contributed by atoms with Crippen LogP contribution >= 0.6 is 0 Å². The molecule has 0 bridgehead atoms. The predicted octanol–water partition coefficient (Wildman–Crippen LogP) is 2.84. The number of anilines is 1. The van der Waals surface area contributed by atoms with Crippen LogP contribution in [0.5, 0.6) is 5.75 Å².